The second-order valence-corrected chi connectivity index (χ2v) is 2.82. The van der Waals surface area contributed by atoms with Gasteiger partial charge in [-0.05, 0) is 24.1 Å². The number of nitrogens with one attached hydrogen (secondary N) is 1. The minimum Gasteiger partial charge on any atom is -0.369 e. The molecule has 1 rings (SSSR count). The average molecular weight is 196 g/mol. The van der Waals surface area contributed by atoms with E-state index in [0.29, 0.717) is 6.54 Å². The molecule has 0 spiro atoms. The third-order valence-electron chi connectivity index (χ3n) is 1.65. The van der Waals surface area contributed by atoms with Crippen molar-refractivity contribution >= 4 is 5.96 Å². The van der Waals surface area contributed by atoms with Crippen molar-refractivity contribution in [1.82, 2.24) is 5.43 Å². The Morgan fingerprint density at radius 1 is 1.29 bits per heavy atom. The predicted octanol–water partition coefficient (Wildman–Crippen LogP) is 0.146. The molecule has 0 bridgehead atoms. The SMILES string of the molecule is NC(N)=NNCCc1ccc(F)cc1. The fourth-order valence-electron chi connectivity index (χ4n) is 0.999. The van der Waals surface area contributed by atoms with E-state index in [4.69, 9.17) is 11.5 Å². The van der Waals surface area contributed by atoms with Gasteiger partial charge in [-0.3, -0.25) is 0 Å². The summed E-state index contributed by atoms with van der Waals surface area (Å²) < 4.78 is 12.5. The van der Waals surface area contributed by atoms with Crippen LogP contribution >= 0.6 is 0 Å². The molecule has 0 unspecified atom stereocenters. The zero-order valence-electron chi connectivity index (χ0n) is 7.70. The van der Waals surface area contributed by atoms with Crippen molar-refractivity contribution in [2.75, 3.05) is 6.54 Å². The van der Waals surface area contributed by atoms with Crippen LogP contribution in [0.4, 0.5) is 4.39 Å². The summed E-state index contributed by atoms with van der Waals surface area (Å²) in [6.45, 7) is 0.615. The van der Waals surface area contributed by atoms with Crippen molar-refractivity contribution in [2.24, 2.45) is 16.6 Å². The van der Waals surface area contributed by atoms with Gasteiger partial charge in [0, 0.05) is 6.54 Å². The first kappa shape index (κ1) is 10.3. The molecule has 14 heavy (non-hydrogen) atoms. The van der Waals surface area contributed by atoms with E-state index in [9.17, 15) is 4.39 Å². The molecule has 0 aliphatic carbocycles. The van der Waals surface area contributed by atoms with Crippen LogP contribution < -0.4 is 16.9 Å². The molecular formula is C9H13FN4. The van der Waals surface area contributed by atoms with E-state index in [1.165, 1.54) is 12.1 Å². The Kier molecular flexibility index (Phi) is 3.72. The number of rotatable bonds is 4. The number of guanidine groups is 1. The maximum atomic E-state index is 12.5. The van der Waals surface area contributed by atoms with E-state index < -0.39 is 0 Å². The van der Waals surface area contributed by atoms with Gasteiger partial charge in [0.2, 0.25) is 5.96 Å². The molecule has 5 heteroatoms. The van der Waals surface area contributed by atoms with Crippen LogP contribution in [0.3, 0.4) is 0 Å². The van der Waals surface area contributed by atoms with Crippen molar-refractivity contribution in [1.29, 1.82) is 0 Å². The smallest absolute Gasteiger partial charge is 0.208 e. The minimum atomic E-state index is -0.231. The van der Waals surface area contributed by atoms with Crippen LogP contribution in [0.1, 0.15) is 5.56 Å². The van der Waals surface area contributed by atoms with Crippen LogP contribution in [-0.2, 0) is 6.42 Å². The predicted molar refractivity (Wildman–Crippen MR) is 53.9 cm³/mol. The Balaban J connectivity index is 2.32. The third-order valence-corrected chi connectivity index (χ3v) is 1.65. The molecule has 0 fully saturated rings. The van der Waals surface area contributed by atoms with Crippen molar-refractivity contribution in [3.63, 3.8) is 0 Å². The van der Waals surface area contributed by atoms with Gasteiger partial charge in [-0.25, -0.2) is 4.39 Å². The van der Waals surface area contributed by atoms with Gasteiger partial charge in [0.15, 0.2) is 0 Å². The summed E-state index contributed by atoms with van der Waals surface area (Å²) >= 11 is 0. The minimum absolute atomic E-state index is 0.00380. The summed E-state index contributed by atoms with van der Waals surface area (Å²) in [6, 6.07) is 6.31. The number of hydrazone groups is 1. The van der Waals surface area contributed by atoms with Gasteiger partial charge in [-0.15, -0.1) is 5.10 Å². The molecule has 5 N–H and O–H groups in total. The molecule has 0 radical (unpaired) electrons. The quantitative estimate of drug-likeness (QED) is 0.277. The Bertz CT molecular complexity index is 303. The van der Waals surface area contributed by atoms with Crippen LogP contribution in [0.5, 0.6) is 0 Å². The van der Waals surface area contributed by atoms with E-state index in [2.05, 4.69) is 10.5 Å². The second-order valence-electron chi connectivity index (χ2n) is 2.82. The summed E-state index contributed by atoms with van der Waals surface area (Å²) in [4.78, 5) is 0. The average Bonchev–Trinajstić information content (AvgIpc) is 2.15. The number of nitrogens with zero attached hydrogens (tertiary/aromatic N) is 1. The van der Waals surface area contributed by atoms with Gasteiger partial charge < -0.3 is 16.9 Å². The molecule has 0 heterocycles. The van der Waals surface area contributed by atoms with E-state index >= 15 is 0 Å². The highest BCUT2D eigenvalue weighted by Crippen LogP contribution is 2.02. The topological polar surface area (TPSA) is 76.4 Å². The van der Waals surface area contributed by atoms with Crippen molar-refractivity contribution < 1.29 is 4.39 Å². The molecule has 0 saturated heterocycles. The van der Waals surface area contributed by atoms with Crippen molar-refractivity contribution in [3.8, 4) is 0 Å². The Morgan fingerprint density at radius 3 is 2.50 bits per heavy atom. The lowest BCUT2D eigenvalue weighted by Gasteiger charge is -2.01. The maximum absolute atomic E-state index is 12.5. The zero-order valence-corrected chi connectivity index (χ0v) is 7.70. The molecule has 0 aromatic heterocycles. The molecule has 1 aromatic carbocycles. The summed E-state index contributed by atoms with van der Waals surface area (Å²) in [6.07, 6.45) is 0.747. The molecule has 0 amide bonds. The first-order chi connectivity index (χ1) is 6.68. The molecule has 4 nitrogen and oxygen atoms in total. The number of halogens is 1. The fraction of sp³-hybridized carbons (Fsp3) is 0.222. The van der Waals surface area contributed by atoms with Crippen LogP contribution in [0.15, 0.2) is 29.4 Å². The van der Waals surface area contributed by atoms with Gasteiger partial charge in [0.05, 0.1) is 0 Å². The fourth-order valence-corrected chi connectivity index (χ4v) is 0.999. The van der Waals surface area contributed by atoms with Crippen LogP contribution in [0.2, 0.25) is 0 Å². The lowest BCUT2D eigenvalue weighted by molar-refractivity contribution is 0.626. The molecule has 76 valence electrons. The maximum Gasteiger partial charge on any atom is 0.208 e. The Hall–Kier alpha value is -1.78. The summed E-state index contributed by atoms with van der Waals surface area (Å²) in [5, 5.41) is 3.61. The lowest BCUT2D eigenvalue weighted by atomic mass is 10.1. The number of nitrogens with two attached hydrogens (primary N) is 2. The molecule has 0 aliphatic rings. The first-order valence-electron chi connectivity index (χ1n) is 4.24. The number of hydrogen-bond donors (Lipinski definition) is 3. The molecule has 0 saturated carbocycles. The van der Waals surface area contributed by atoms with E-state index in [-0.39, 0.29) is 11.8 Å². The van der Waals surface area contributed by atoms with E-state index in [1.807, 2.05) is 0 Å². The van der Waals surface area contributed by atoms with E-state index in [1.54, 1.807) is 12.1 Å². The Labute approximate surface area is 81.8 Å². The standard InChI is InChI=1S/C9H13FN4/c10-8-3-1-7(2-4-8)5-6-13-14-9(11)12/h1-4,13H,5-6H2,(H4,11,12,14). The van der Waals surface area contributed by atoms with Crippen LogP contribution in [-0.4, -0.2) is 12.5 Å². The van der Waals surface area contributed by atoms with Crippen molar-refractivity contribution in [2.45, 2.75) is 6.42 Å². The van der Waals surface area contributed by atoms with Gasteiger partial charge >= 0.3 is 0 Å². The zero-order chi connectivity index (χ0) is 10.4. The lowest BCUT2D eigenvalue weighted by Crippen LogP contribution is -2.27. The molecule has 0 atom stereocenters. The highest BCUT2D eigenvalue weighted by molar-refractivity contribution is 5.75. The molecular weight excluding hydrogens is 183 g/mol. The van der Waals surface area contributed by atoms with E-state index in [0.717, 1.165) is 12.0 Å². The highest BCUT2D eigenvalue weighted by atomic mass is 19.1. The van der Waals surface area contributed by atoms with Crippen LogP contribution in [0, 0.1) is 5.82 Å². The molecule has 1 aromatic rings. The number of hydrogen-bond acceptors (Lipinski definition) is 2. The van der Waals surface area contributed by atoms with Gasteiger partial charge in [0.1, 0.15) is 5.82 Å². The largest absolute Gasteiger partial charge is 0.369 e. The van der Waals surface area contributed by atoms with Gasteiger partial charge in [0.25, 0.3) is 0 Å². The van der Waals surface area contributed by atoms with Gasteiger partial charge in [-0.2, -0.15) is 0 Å². The normalized spacial score (nSPS) is 9.50. The third kappa shape index (κ3) is 3.75. The summed E-state index contributed by atoms with van der Waals surface area (Å²) in [7, 11) is 0. The second kappa shape index (κ2) is 5.06. The molecule has 0 aliphatic heterocycles. The van der Waals surface area contributed by atoms with Gasteiger partial charge in [-0.1, -0.05) is 12.1 Å². The first-order valence-corrected chi connectivity index (χ1v) is 4.24. The monoisotopic (exact) mass is 196 g/mol. The van der Waals surface area contributed by atoms with Crippen LogP contribution in [0.25, 0.3) is 0 Å². The summed E-state index contributed by atoms with van der Waals surface area (Å²) in [5.74, 6) is -0.227. The van der Waals surface area contributed by atoms with Crippen molar-refractivity contribution in [3.05, 3.63) is 35.6 Å². The highest BCUT2D eigenvalue weighted by Gasteiger charge is 1.92. The number of benzene rings is 1. The Morgan fingerprint density at radius 2 is 1.93 bits per heavy atom. The summed E-state index contributed by atoms with van der Waals surface area (Å²) in [5.41, 5.74) is 13.9.